The number of Topliss-reactive ketones (excluding diaryl/α,β-unsaturated/α-hetero) is 2. The molecule has 0 heterocycles. The fraction of sp³-hybridized carbons (Fsp3) is 0.895. The van der Waals surface area contributed by atoms with Crippen LogP contribution >= 0.6 is 0 Å². The summed E-state index contributed by atoms with van der Waals surface area (Å²) >= 11 is 0. The van der Waals surface area contributed by atoms with Crippen LogP contribution in [0.1, 0.15) is 104 Å². The Labute approximate surface area is 132 Å². The normalized spacial score (nSPS) is 12.3. The first-order chi connectivity index (χ1) is 10.1. The Hall–Kier alpha value is -0.660. The predicted molar refractivity (Wildman–Crippen MR) is 90.5 cm³/mol. The molecule has 0 amide bonds. The molecule has 0 aliphatic rings. The summed E-state index contributed by atoms with van der Waals surface area (Å²) in [4.78, 5) is 23.1. The van der Waals surface area contributed by atoms with Crippen molar-refractivity contribution in [1.82, 2.24) is 0 Å². The van der Waals surface area contributed by atoms with E-state index in [0.29, 0.717) is 17.5 Å². The van der Waals surface area contributed by atoms with E-state index in [9.17, 15) is 9.59 Å². The van der Waals surface area contributed by atoms with Gasteiger partial charge in [-0.15, -0.1) is 0 Å². The molecule has 0 N–H and O–H groups in total. The van der Waals surface area contributed by atoms with Gasteiger partial charge in [-0.05, 0) is 25.2 Å². The first-order valence-corrected chi connectivity index (χ1v) is 9.13. The number of ketones is 2. The van der Waals surface area contributed by atoms with Crippen molar-refractivity contribution >= 4 is 11.6 Å². The second kappa shape index (κ2) is 14.3. The average molecular weight is 296 g/mol. The molecule has 0 aliphatic carbocycles. The Bertz CT molecular complexity index is 271. The van der Waals surface area contributed by atoms with Gasteiger partial charge in [0, 0.05) is 25.7 Å². The Morgan fingerprint density at radius 2 is 1.33 bits per heavy atom. The summed E-state index contributed by atoms with van der Waals surface area (Å²) in [6, 6.07) is 0. The van der Waals surface area contributed by atoms with Crippen LogP contribution in [-0.4, -0.2) is 11.6 Å². The van der Waals surface area contributed by atoms with Crippen molar-refractivity contribution in [2.75, 3.05) is 0 Å². The van der Waals surface area contributed by atoms with Gasteiger partial charge in [0.2, 0.25) is 0 Å². The minimum absolute atomic E-state index is 0.420. The summed E-state index contributed by atoms with van der Waals surface area (Å²) < 4.78 is 0. The smallest absolute Gasteiger partial charge is 0.133 e. The fourth-order valence-electron chi connectivity index (χ4n) is 2.74. The van der Waals surface area contributed by atoms with E-state index in [1.165, 1.54) is 25.7 Å². The number of rotatable bonds is 15. The van der Waals surface area contributed by atoms with Crippen molar-refractivity contribution in [2.45, 2.75) is 104 Å². The molecule has 0 aromatic heterocycles. The number of hydrogen-bond acceptors (Lipinski definition) is 2. The predicted octanol–water partition coefficient (Wildman–Crippen LogP) is 5.87. The molecule has 0 aromatic rings. The van der Waals surface area contributed by atoms with Gasteiger partial charge in [0.1, 0.15) is 11.6 Å². The largest absolute Gasteiger partial charge is 0.300 e. The van der Waals surface area contributed by atoms with Gasteiger partial charge >= 0.3 is 0 Å². The molecule has 124 valence electrons. The summed E-state index contributed by atoms with van der Waals surface area (Å²) in [5.41, 5.74) is 0. The van der Waals surface area contributed by atoms with Crippen LogP contribution in [0.4, 0.5) is 0 Å². The quantitative estimate of drug-likeness (QED) is 0.354. The highest BCUT2D eigenvalue weighted by molar-refractivity contribution is 5.78. The summed E-state index contributed by atoms with van der Waals surface area (Å²) in [7, 11) is 0. The molecule has 1 atom stereocenters. The third-order valence-electron chi connectivity index (χ3n) is 4.07. The lowest BCUT2D eigenvalue weighted by Gasteiger charge is -2.10. The van der Waals surface area contributed by atoms with Gasteiger partial charge in [-0.25, -0.2) is 0 Å². The first-order valence-electron chi connectivity index (χ1n) is 9.13. The molecule has 0 bridgehead atoms. The Kier molecular flexibility index (Phi) is 13.8. The molecular weight excluding hydrogens is 260 g/mol. The van der Waals surface area contributed by atoms with Crippen LogP contribution < -0.4 is 0 Å². The number of unbranched alkanes of at least 4 members (excludes halogenated alkanes) is 5. The van der Waals surface area contributed by atoms with Crippen LogP contribution in [0.25, 0.3) is 0 Å². The molecule has 0 saturated heterocycles. The van der Waals surface area contributed by atoms with Crippen LogP contribution in [-0.2, 0) is 9.59 Å². The van der Waals surface area contributed by atoms with Gasteiger partial charge in [0.15, 0.2) is 0 Å². The number of carbonyl (C=O) groups is 2. The monoisotopic (exact) mass is 296 g/mol. The van der Waals surface area contributed by atoms with Gasteiger partial charge in [-0.3, -0.25) is 9.59 Å². The van der Waals surface area contributed by atoms with Crippen molar-refractivity contribution in [3.05, 3.63) is 0 Å². The lowest BCUT2D eigenvalue weighted by molar-refractivity contribution is -0.120. The fourth-order valence-corrected chi connectivity index (χ4v) is 2.74. The van der Waals surface area contributed by atoms with Crippen LogP contribution in [0.15, 0.2) is 0 Å². The van der Waals surface area contributed by atoms with Gasteiger partial charge in [0.05, 0.1) is 0 Å². The lowest BCUT2D eigenvalue weighted by Crippen LogP contribution is -2.05. The van der Waals surface area contributed by atoms with Crippen molar-refractivity contribution in [3.8, 4) is 0 Å². The number of carbonyl (C=O) groups excluding carboxylic acids is 2. The minimum atomic E-state index is 0.420. The van der Waals surface area contributed by atoms with Crippen molar-refractivity contribution in [2.24, 2.45) is 5.92 Å². The topological polar surface area (TPSA) is 34.1 Å². The van der Waals surface area contributed by atoms with E-state index in [-0.39, 0.29) is 0 Å². The minimum Gasteiger partial charge on any atom is -0.300 e. The second-order valence-electron chi connectivity index (χ2n) is 6.55. The lowest BCUT2D eigenvalue weighted by atomic mass is 9.95. The van der Waals surface area contributed by atoms with E-state index < -0.39 is 0 Å². The van der Waals surface area contributed by atoms with Gasteiger partial charge in [-0.1, -0.05) is 59.3 Å². The van der Waals surface area contributed by atoms with Gasteiger partial charge in [-0.2, -0.15) is 0 Å². The zero-order chi connectivity index (χ0) is 15.9. The highest BCUT2D eigenvalue weighted by Crippen LogP contribution is 2.16. The van der Waals surface area contributed by atoms with E-state index in [4.69, 9.17) is 0 Å². The Morgan fingerprint density at radius 1 is 0.714 bits per heavy atom. The standard InChI is InChI=1S/C19H36O2/c1-4-6-9-15-19(21)16-17(3)13-10-7-8-11-14-18(20)12-5-2/h17H,4-16H2,1-3H3. The molecule has 0 aromatic carbocycles. The second-order valence-corrected chi connectivity index (χ2v) is 6.55. The molecule has 0 rings (SSSR count). The summed E-state index contributed by atoms with van der Waals surface area (Å²) in [5, 5.41) is 0. The molecule has 0 saturated carbocycles. The molecule has 1 unspecified atom stereocenters. The summed E-state index contributed by atoms with van der Waals surface area (Å²) in [6.07, 6.45) is 13.2. The third-order valence-corrected chi connectivity index (χ3v) is 4.07. The summed E-state index contributed by atoms with van der Waals surface area (Å²) in [6.45, 7) is 6.42. The van der Waals surface area contributed by atoms with E-state index in [1.54, 1.807) is 0 Å². The zero-order valence-electron chi connectivity index (χ0n) is 14.6. The van der Waals surface area contributed by atoms with Crippen LogP contribution in [0.5, 0.6) is 0 Å². The molecule has 21 heavy (non-hydrogen) atoms. The highest BCUT2D eigenvalue weighted by atomic mass is 16.1. The van der Waals surface area contributed by atoms with Crippen molar-refractivity contribution in [3.63, 3.8) is 0 Å². The molecule has 0 spiro atoms. The van der Waals surface area contributed by atoms with Crippen molar-refractivity contribution in [1.29, 1.82) is 0 Å². The van der Waals surface area contributed by atoms with Crippen molar-refractivity contribution < 1.29 is 9.59 Å². The maximum atomic E-state index is 11.8. The first kappa shape index (κ1) is 20.3. The van der Waals surface area contributed by atoms with E-state index in [2.05, 4.69) is 20.8 Å². The van der Waals surface area contributed by atoms with Gasteiger partial charge in [0.25, 0.3) is 0 Å². The molecule has 0 aliphatic heterocycles. The van der Waals surface area contributed by atoms with E-state index in [0.717, 1.165) is 57.8 Å². The molecule has 2 nitrogen and oxygen atoms in total. The maximum absolute atomic E-state index is 11.8. The third kappa shape index (κ3) is 14.1. The molecular formula is C19H36O2. The average Bonchev–Trinajstić information content (AvgIpc) is 2.43. The molecule has 2 heteroatoms. The zero-order valence-corrected chi connectivity index (χ0v) is 14.6. The highest BCUT2D eigenvalue weighted by Gasteiger charge is 2.08. The molecule has 0 fully saturated rings. The Balaban J connectivity index is 3.42. The van der Waals surface area contributed by atoms with Gasteiger partial charge < -0.3 is 0 Å². The van der Waals surface area contributed by atoms with Crippen LogP contribution in [0.3, 0.4) is 0 Å². The van der Waals surface area contributed by atoms with Crippen LogP contribution in [0.2, 0.25) is 0 Å². The SMILES string of the molecule is CCCCCC(=O)CC(C)CCCCCCC(=O)CCC. The maximum Gasteiger partial charge on any atom is 0.133 e. The Morgan fingerprint density at radius 3 is 2.00 bits per heavy atom. The van der Waals surface area contributed by atoms with E-state index >= 15 is 0 Å². The number of hydrogen-bond donors (Lipinski definition) is 0. The molecule has 0 radical (unpaired) electrons. The van der Waals surface area contributed by atoms with Crippen LogP contribution in [0, 0.1) is 5.92 Å². The van der Waals surface area contributed by atoms with E-state index in [1.807, 2.05) is 0 Å². The summed E-state index contributed by atoms with van der Waals surface area (Å²) in [5.74, 6) is 1.39.